The van der Waals surface area contributed by atoms with Crippen LogP contribution < -0.4 is 5.32 Å². The highest BCUT2D eigenvalue weighted by Gasteiger charge is 2.25. The molecule has 3 nitrogen and oxygen atoms in total. The fourth-order valence-corrected chi connectivity index (χ4v) is 4.31. The van der Waals surface area contributed by atoms with Crippen molar-refractivity contribution in [1.82, 2.24) is 5.32 Å². The molecule has 0 heterocycles. The maximum Gasteiger partial charge on any atom is 0.227 e. The van der Waals surface area contributed by atoms with E-state index < -0.39 is 10.8 Å². The second-order valence-corrected chi connectivity index (χ2v) is 7.79. The number of hydrogen-bond donors (Lipinski definition) is 1. The molecule has 2 aromatic rings. The average Bonchev–Trinajstić information content (AvgIpc) is 2.62. The van der Waals surface area contributed by atoms with Gasteiger partial charge in [-0.1, -0.05) is 54.6 Å². The summed E-state index contributed by atoms with van der Waals surface area (Å²) in [6, 6.07) is 18.0. The normalized spacial score (nSPS) is 17.8. The summed E-state index contributed by atoms with van der Waals surface area (Å²) in [7, 11) is -0.952. The van der Waals surface area contributed by atoms with E-state index in [2.05, 4.69) is 17.4 Å². The first kappa shape index (κ1) is 16.9. The Bertz CT molecular complexity index is 715. The SMILES string of the molecule is O=C(NCC[S@@](=O)Cc1ccccc1)[C@@H]1CCCc2ccccc21. The number of benzene rings is 2. The lowest BCUT2D eigenvalue weighted by atomic mass is 9.82. The Morgan fingerprint density at radius 3 is 2.67 bits per heavy atom. The zero-order chi connectivity index (χ0) is 16.8. The second-order valence-electron chi connectivity index (χ2n) is 6.21. The van der Waals surface area contributed by atoms with Gasteiger partial charge in [0.05, 0.1) is 5.92 Å². The van der Waals surface area contributed by atoms with Gasteiger partial charge in [-0.15, -0.1) is 0 Å². The van der Waals surface area contributed by atoms with Crippen LogP contribution >= 0.6 is 0 Å². The van der Waals surface area contributed by atoms with Gasteiger partial charge in [-0.2, -0.15) is 0 Å². The monoisotopic (exact) mass is 341 g/mol. The molecule has 0 saturated heterocycles. The van der Waals surface area contributed by atoms with Gasteiger partial charge in [0, 0.05) is 28.9 Å². The van der Waals surface area contributed by atoms with Gasteiger partial charge in [0.15, 0.2) is 0 Å². The Labute approximate surface area is 145 Å². The molecule has 24 heavy (non-hydrogen) atoms. The molecule has 1 aliphatic carbocycles. The van der Waals surface area contributed by atoms with Crippen molar-refractivity contribution in [2.75, 3.05) is 12.3 Å². The van der Waals surface area contributed by atoms with Gasteiger partial charge in [0.1, 0.15) is 0 Å². The minimum Gasteiger partial charge on any atom is -0.355 e. The van der Waals surface area contributed by atoms with Crippen LogP contribution in [0.4, 0.5) is 0 Å². The maximum absolute atomic E-state index is 12.5. The Morgan fingerprint density at radius 2 is 1.83 bits per heavy atom. The van der Waals surface area contributed by atoms with Crippen LogP contribution in [0, 0.1) is 0 Å². The fourth-order valence-electron chi connectivity index (χ4n) is 3.27. The highest BCUT2D eigenvalue weighted by atomic mass is 32.2. The Hall–Kier alpha value is -1.94. The molecule has 1 amide bonds. The molecule has 0 saturated carbocycles. The summed E-state index contributed by atoms with van der Waals surface area (Å²) in [6.45, 7) is 0.469. The van der Waals surface area contributed by atoms with E-state index in [1.807, 2.05) is 42.5 Å². The third-order valence-electron chi connectivity index (χ3n) is 4.49. The van der Waals surface area contributed by atoms with Gasteiger partial charge in [-0.05, 0) is 36.0 Å². The summed E-state index contributed by atoms with van der Waals surface area (Å²) in [5.74, 6) is 1.05. The van der Waals surface area contributed by atoms with Crippen molar-refractivity contribution in [2.24, 2.45) is 0 Å². The van der Waals surface area contributed by atoms with Crippen molar-refractivity contribution in [2.45, 2.75) is 30.9 Å². The van der Waals surface area contributed by atoms with Gasteiger partial charge in [-0.3, -0.25) is 9.00 Å². The molecule has 1 aliphatic rings. The zero-order valence-corrected chi connectivity index (χ0v) is 14.6. The van der Waals surface area contributed by atoms with Crippen LogP contribution in [0.25, 0.3) is 0 Å². The largest absolute Gasteiger partial charge is 0.355 e. The lowest BCUT2D eigenvalue weighted by Gasteiger charge is -2.24. The predicted molar refractivity (Wildman–Crippen MR) is 98.3 cm³/mol. The van der Waals surface area contributed by atoms with Crippen LogP contribution in [-0.2, 0) is 27.8 Å². The molecule has 0 aliphatic heterocycles. The fraction of sp³-hybridized carbons (Fsp3) is 0.350. The molecular formula is C20H23NO2S. The molecule has 0 aromatic heterocycles. The number of carbonyl (C=O) groups excluding carboxylic acids is 1. The lowest BCUT2D eigenvalue weighted by Crippen LogP contribution is -2.34. The second kappa shape index (κ2) is 8.25. The number of nitrogens with one attached hydrogen (secondary N) is 1. The van der Waals surface area contributed by atoms with Crippen LogP contribution in [0.15, 0.2) is 54.6 Å². The highest BCUT2D eigenvalue weighted by molar-refractivity contribution is 7.84. The van der Waals surface area contributed by atoms with Crippen LogP contribution in [0.3, 0.4) is 0 Å². The van der Waals surface area contributed by atoms with E-state index in [1.54, 1.807) is 0 Å². The quantitative estimate of drug-likeness (QED) is 0.877. The lowest BCUT2D eigenvalue weighted by molar-refractivity contribution is -0.122. The third-order valence-corrected chi connectivity index (χ3v) is 5.80. The summed E-state index contributed by atoms with van der Waals surface area (Å²) in [5.41, 5.74) is 3.52. The molecule has 0 fully saturated rings. The van der Waals surface area contributed by atoms with Crippen LogP contribution in [0.5, 0.6) is 0 Å². The van der Waals surface area contributed by atoms with Crippen molar-refractivity contribution in [3.63, 3.8) is 0 Å². The van der Waals surface area contributed by atoms with Crippen molar-refractivity contribution in [1.29, 1.82) is 0 Å². The van der Waals surface area contributed by atoms with E-state index in [1.165, 1.54) is 5.56 Å². The molecule has 4 heteroatoms. The van der Waals surface area contributed by atoms with Gasteiger partial charge in [0.2, 0.25) is 5.91 Å². The molecule has 1 N–H and O–H groups in total. The minimum atomic E-state index is -0.952. The first-order chi connectivity index (χ1) is 11.7. The standard InChI is InChI=1S/C20H23NO2S/c22-20(19-12-6-10-17-9-4-5-11-18(17)19)21-13-14-24(23)15-16-7-2-1-3-8-16/h1-5,7-9,11,19H,6,10,12-15H2,(H,21,22)/t19-,24-/m1/s1. The van der Waals surface area contributed by atoms with Crippen molar-refractivity contribution < 1.29 is 9.00 Å². The number of amides is 1. The van der Waals surface area contributed by atoms with E-state index in [-0.39, 0.29) is 11.8 Å². The summed E-state index contributed by atoms with van der Waals surface area (Å²) in [5, 5.41) is 2.98. The zero-order valence-electron chi connectivity index (χ0n) is 13.7. The minimum absolute atomic E-state index is 0.0579. The molecule has 0 bridgehead atoms. The van der Waals surface area contributed by atoms with Gasteiger partial charge in [0.25, 0.3) is 0 Å². The van der Waals surface area contributed by atoms with Crippen molar-refractivity contribution in [3.8, 4) is 0 Å². The summed E-state index contributed by atoms with van der Waals surface area (Å²) in [4.78, 5) is 12.5. The summed E-state index contributed by atoms with van der Waals surface area (Å²) >= 11 is 0. The van der Waals surface area contributed by atoms with Crippen LogP contribution in [0.1, 0.15) is 35.4 Å². The molecule has 2 atom stereocenters. The Morgan fingerprint density at radius 1 is 1.08 bits per heavy atom. The van der Waals surface area contributed by atoms with E-state index in [0.29, 0.717) is 18.1 Å². The number of rotatable bonds is 6. The van der Waals surface area contributed by atoms with E-state index in [9.17, 15) is 9.00 Å². The Kier molecular flexibility index (Phi) is 5.81. The smallest absolute Gasteiger partial charge is 0.227 e. The third kappa shape index (κ3) is 4.32. The van der Waals surface area contributed by atoms with Gasteiger partial charge >= 0.3 is 0 Å². The number of fused-ring (bicyclic) bond motifs is 1. The van der Waals surface area contributed by atoms with E-state index in [0.717, 1.165) is 30.4 Å². The molecule has 0 spiro atoms. The van der Waals surface area contributed by atoms with Crippen LogP contribution in [0.2, 0.25) is 0 Å². The topological polar surface area (TPSA) is 46.2 Å². The molecule has 0 unspecified atom stereocenters. The first-order valence-electron chi connectivity index (χ1n) is 8.48. The molecular weight excluding hydrogens is 318 g/mol. The van der Waals surface area contributed by atoms with Crippen molar-refractivity contribution in [3.05, 3.63) is 71.3 Å². The van der Waals surface area contributed by atoms with Crippen LogP contribution in [-0.4, -0.2) is 22.4 Å². The van der Waals surface area contributed by atoms with Gasteiger partial charge < -0.3 is 5.32 Å². The predicted octanol–water partition coefficient (Wildman–Crippen LogP) is 3.17. The highest BCUT2D eigenvalue weighted by Crippen LogP contribution is 2.31. The molecule has 2 aromatic carbocycles. The van der Waals surface area contributed by atoms with Crippen molar-refractivity contribution >= 4 is 16.7 Å². The van der Waals surface area contributed by atoms with E-state index in [4.69, 9.17) is 0 Å². The molecule has 3 rings (SSSR count). The Balaban J connectivity index is 1.49. The summed E-state index contributed by atoms with van der Waals surface area (Å²) < 4.78 is 12.1. The molecule has 0 radical (unpaired) electrons. The first-order valence-corrected chi connectivity index (χ1v) is 9.97. The summed E-state index contributed by atoms with van der Waals surface area (Å²) in [6.07, 6.45) is 3.01. The van der Waals surface area contributed by atoms with E-state index >= 15 is 0 Å². The number of hydrogen-bond acceptors (Lipinski definition) is 2. The average molecular weight is 341 g/mol. The van der Waals surface area contributed by atoms with Gasteiger partial charge in [-0.25, -0.2) is 0 Å². The molecule has 126 valence electrons. The number of carbonyl (C=O) groups is 1. The number of aryl methyl sites for hydroxylation is 1. The maximum atomic E-state index is 12.5.